The van der Waals surface area contributed by atoms with Crippen LogP contribution in [0.5, 0.6) is 0 Å². The van der Waals surface area contributed by atoms with Crippen LogP contribution in [0.4, 0.5) is 4.79 Å². The summed E-state index contributed by atoms with van der Waals surface area (Å²) in [5.41, 5.74) is 2.22. The Bertz CT molecular complexity index is 827. The number of carboxylic acids is 1. The SMILES string of the molecule is O=C(O)[C@@H]1CCCN1C(=O)CCCCCN1C(=O)[C@H]2Cc3ccccc3CN2C1=O. The first kappa shape index (κ1) is 20.4. The Hall–Kier alpha value is -2.90. The average molecular weight is 413 g/mol. The number of carboxylic acid groups (broad SMARTS) is 1. The molecule has 1 N–H and O–H groups in total. The normalized spacial score (nSPS) is 23.0. The molecule has 1 aromatic carbocycles. The van der Waals surface area contributed by atoms with Crippen molar-refractivity contribution in [2.75, 3.05) is 13.1 Å². The maximum atomic E-state index is 12.8. The number of benzene rings is 1. The van der Waals surface area contributed by atoms with Gasteiger partial charge in [0.2, 0.25) is 5.91 Å². The molecule has 0 spiro atoms. The molecule has 0 radical (unpaired) electrons. The molecule has 0 unspecified atom stereocenters. The molecule has 0 aliphatic carbocycles. The van der Waals surface area contributed by atoms with Gasteiger partial charge in [0, 0.05) is 32.5 Å². The molecule has 3 heterocycles. The van der Waals surface area contributed by atoms with Gasteiger partial charge in [0.1, 0.15) is 12.1 Å². The maximum absolute atomic E-state index is 12.8. The van der Waals surface area contributed by atoms with E-state index >= 15 is 0 Å². The number of nitrogens with zero attached hydrogens (tertiary/aromatic N) is 3. The average Bonchev–Trinajstić information content (AvgIpc) is 3.32. The van der Waals surface area contributed by atoms with Crippen molar-refractivity contribution in [3.63, 3.8) is 0 Å². The van der Waals surface area contributed by atoms with Crippen LogP contribution >= 0.6 is 0 Å². The van der Waals surface area contributed by atoms with E-state index in [4.69, 9.17) is 0 Å². The van der Waals surface area contributed by atoms with Crippen LogP contribution in [0.1, 0.15) is 49.7 Å². The van der Waals surface area contributed by atoms with Gasteiger partial charge in [0.15, 0.2) is 0 Å². The standard InChI is InChI=1S/C22H27N3O5/c26-19(23-12-6-9-17(23)21(28)29)10-2-1-5-11-24-20(27)18-13-15-7-3-4-8-16(15)14-25(18)22(24)30/h3-4,7-8,17-18H,1-2,5-6,9-14H2,(H,28,29)/t17-,18+/m0/s1. The summed E-state index contributed by atoms with van der Waals surface area (Å²) in [5.74, 6) is -1.19. The summed E-state index contributed by atoms with van der Waals surface area (Å²) >= 11 is 0. The van der Waals surface area contributed by atoms with Crippen LogP contribution in [0, 0.1) is 0 Å². The molecule has 0 saturated carbocycles. The highest BCUT2D eigenvalue weighted by molar-refractivity contribution is 6.04. The van der Waals surface area contributed by atoms with Gasteiger partial charge in [0.05, 0.1) is 0 Å². The van der Waals surface area contributed by atoms with Crippen LogP contribution in [-0.2, 0) is 27.3 Å². The first-order valence-corrected chi connectivity index (χ1v) is 10.7. The van der Waals surface area contributed by atoms with E-state index < -0.39 is 18.1 Å². The van der Waals surface area contributed by atoms with Crippen molar-refractivity contribution >= 4 is 23.8 Å². The smallest absolute Gasteiger partial charge is 0.327 e. The monoisotopic (exact) mass is 413 g/mol. The fourth-order valence-electron chi connectivity index (χ4n) is 4.77. The van der Waals surface area contributed by atoms with Gasteiger partial charge in [0.25, 0.3) is 5.91 Å². The number of fused-ring (bicyclic) bond motifs is 2. The minimum Gasteiger partial charge on any atom is -0.480 e. The van der Waals surface area contributed by atoms with E-state index in [-0.39, 0.29) is 17.8 Å². The quantitative estimate of drug-likeness (QED) is 0.545. The second kappa shape index (κ2) is 8.45. The van der Waals surface area contributed by atoms with Crippen LogP contribution in [0.2, 0.25) is 0 Å². The third-order valence-electron chi connectivity index (χ3n) is 6.41. The van der Waals surface area contributed by atoms with Gasteiger partial charge in [-0.3, -0.25) is 14.5 Å². The zero-order chi connectivity index (χ0) is 21.3. The van der Waals surface area contributed by atoms with E-state index in [0.717, 1.165) is 17.5 Å². The highest BCUT2D eigenvalue weighted by Crippen LogP contribution is 2.30. The third-order valence-corrected chi connectivity index (χ3v) is 6.41. The number of carbonyl (C=O) groups is 4. The first-order valence-electron chi connectivity index (χ1n) is 10.7. The number of urea groups is 1. The summed E-state index contributed by atoms with van der Waals surface area (Å²) in [6.07, 6.45) is 4.07. The Morgan fingerprint density at radius 3 is 2.60 bits per heavy atom. The lowest BCUT2D eigenvalue weighted by molar-refractivity contribution is -0.148. The van der Waals surface area contributed by atoms with Gasteiger partial charge in [-0.25, -0.2) is 9.59 Å². The molecule has 2 saturated heterocycles. The predicted molar refractivity (Wildman–Crippen MR) is 107 cm³/mol. The number of aliphatic carboxylic acids is 1. The van der Waals surface area contributed by atoms with Crippen LogP contribution in [0.3, 0.4) is 0 Å². The number of rotatable bonds is 7. The van der Waals surface area contributed by atoms with Gasteiger partial charge in [-0.15, -0.1) is 0 Å². The zero-order valence-electron chi connectivity index (χ0n) is 17.0. The molecular formula is C22H27N3O5. The van der Waals surface area contributed by atoms with E-state index in [1.54, 1.807) is 4.90 Å². The van der Waals surface area contributed by atoms with Gasteiger partial charge >= 0.3 is 12.0 Å². The lowest BCUT2D eigenvalue weighted by Gasteiger charge is -2.28. The number of unbranched alkanes of at least 4 members (excludes halogenated alkanes) is 2. The number of carbonyl (C=O) groups excluding carboxylic acids is 3. The highest BCUT2D eigenvalue weighted by Gasteiger charge is 2.46. The van der Waals surface area contributed by atoms with Crippen LogP contribution in [-0.4, -0.2) is 68.8 Å². The number of hydrogen-bond donors (Lipinski definition) is 1. The minimum atomic E-state index is -0.939. The second-order valence-corrected chi connectivity index (χ2v) is 8.28. The van der Waals surface area contributed by atoms with Gasteiger partial charge in [-0.1, -0.05) is 30.7 Å². The lowest BCUT2D eigenvalue weighted by Crippen LogP contribution is -2.40. The molecule has 2 atom stereocenters. The Morgan fingerprint density at radius 2 is 1.83 bits per heavy atom. The molecule has 8 nitrogen and oxygen atoms in total. The summed E-state index contributed by atoms with van der Waals surface area (Å²) in [5, 5.41) is 9.19. The molecule has 1 aromatic rings. The molecule has 8 heteroatoms. The van der Waals surface area contributed by atoms with Crippen LogP contribution < -0.4 is 0 Å². The van der Waals surface area contributed by atoms with Crippen molar-refractivity contribution in [3.8, 4) is 0 Å². The summed E-state index contributed by atoms with van der Waals surface area (Å²) in [6, 6.07) is 6.59. The molecule has 30 heavy (non-hydrogen) atoms. The van der Waals surface area contributed by atoms with E-state index in [2.05, 4.69) is 0 Å². The van der Waals surface area contributed by atoms with Crippen molar-refractivity contribution in [2.24, 2.45) is 0 Å². The van der Waals surface area contributed by atoms with Gasteiger partial charge in [-0.05, 0) is 36.8 Å². The van der Waals surface area contributed by atoms with Crippen molar-refractivity contribution in [3.05, 3.63) is 35.4 Å². The first-order chi connectivity index (χ1) is 14.5. The third kappa shape index (κ3) is 3.78. The van der Waals surface area contributed by atoms with Crippen LogP contribution in [0.25, 0.3) is 0 Å². The Labute approximate surface area is 175 Å². The molecule has 4 rings (SSSR count). The van der Waals surface area contributed by atoms with E-state index in [9.17, 15) is 24.3 Å². The molecule has 0 aromatic heterocycles. The number of imide groups is 1. The maximum Gasteiger partial charge on any atom is 0.327 e. The van der Waals surface area contributed by atoms with Crippen molar-refractivity contribution < 1.29 is 24.3 Å². The zero-order valence-corrected chi connectivity index (χ0v) is 17.0. The van der Waals surface area contributed by atoms with Gasteiger partial charge in [-0.2, -0.15) is 0 Å². The largest absolute Gasteiger partial charge is 0.480 e. The minimum absolute atomic E-state index is 0.122. The van der Waals surface area contributed by atoms with Crippen molar-refractivity contribution in [1.29, 1.82) is 0 Å². The summed E-state index contributed by atoms with van der Waals surface area (Å²) in [6.45, 7) is 1.33. The second-order valence-electron chi connectivity index (χ2n) is 8.28. The Balaban J connectivity index is 1.23. The topological polar surface area (TPSA) is 98.2 Å². The lowest BCUT2D eigenvalue weighted by atomic mass is 9.95. The molecule has 0 bridgehead atoms. The Kier molecular flexibility index (Phi) is 5.74. The van der Waals surface area contributed by atoms with E-state index in [0.29, 0.717) is 58.2 Å². The fourth-order valence-corrected chi connectivity index (χ4v) is 4.77. The Morgan fingerprint density at radius 1 is 1.07 bits per heavy atom. The summed E-state index contributed by atoms with van der Waals surface area (Å²) in [4.78, 5) is 53.5. The van der Waals surface area contributed by atoms with E-state index in [1.165, 1.54) is 9.80 Å². The molecule has 3 aliphatic heterocycles. The number of hydrogen-bond acceptors (Lipinski definition) is 4. The molecule has 3 aliphatic rings. The molecular weight excluding hydrogens is 386 g/mol. The van der Waals surface area contributed by atoms with E-state index in [1.807, 2.05) is 24.3 Å². The van der Waals surface area contributed by atoms with Crippen molar-refractivity contribution in [1.82, 2.24) is 14.7 Å². The van der Waals surface area contributed by atoms with Crippen LogP contribution in [0.15, 0.2) is 24.3 Å². The summed E-state index contributed by atoms with van der Waals surface area (Å²) < 4.78 is 0. The molecule has 2 fully saturated rings. The van der Waals surface area contributed by atoms with Crippen molar-refractivity contribution in [2.45, 2.75) is 63.6 Å². The molecule has 4 amide bonds. The highest BCUT2D eigenvalue weighted by atomic mass is 16.4. The predicted octanol–water partition coefficient (Wildman–Crippen LogP) is 2.01. The molecule has 160 valence electrons. The van der Waals surface area contributed by atoms with Gasteiger partial charge < -0.3 is 14.9 Å². The number of amides is 4. The number of likely N-dealkylation sites (tertiary alicyclic amines) is 1. The fraction of sp³-hybridized carbons (Fsp3) is 0.545. The summed E-state index contributed by atoms with van der Waals surface area (Å²) in [7, 11) is 0.